The monoisotopic (exact) mass is 348 g/mol. The maximum absolute atomic E-state index is 12.8. The third kappa shape index (κ3) is 5.29. The fraction of sp³-hybridized carbons (Fsp3) is 0.118. The number of sulfonamides is 1. The lowest BCUT2D eigenvalue weighted by Gasteiger charge is -2.14. The Morgan fingerprint density at radius 3 is 2.38 bits per heavy atom. The molecule has 0 unspecified atom stereocenters. The Morgan fingerprint density at radius 1 is 1.12 bits per heavy atom. The van der Waals surface area contributed by atoms with Crippen LogP contribution in [0.4, 0.5) is 10.1 Å². The van der Waals surface area contributed by atoms with Gasteiger partial charge in [-0.15, -0.1) is 0 Å². The van der Waals surface area contributed by atoms with Crippen LogP contribution in [0.25, 0.3) is 6.08 Å². The first-order valence-electron chi connectivity index (χ1n) is 7.12. The summed E-state index contributed by atoms with van der Waals surface area (Å²) in [6.07, 6.45) is 1.46. The molecule has 5 nitrogen and oxygen atoms in total. The Balaban J connectivity index is 1.97. The molecule has 0 heterocycles. The van der Waals surface area contributed by atoms with E-state index in [-0.39, 0.29) is 6.54 Å². The van der Waals surface area contributed by atoms with Gasteiger partial charge in [-0.05, 0) is 35.9 Å². The SMILES string of the molecule is CN(CC(=O)Nc1ccc(F)cc1)S(=O)(=O)/C=C/c1ccccc1. The van der Waals surface area contributed by atoms with Crippen LogP contribution in [0.3, 0.4) is 0 Å². The molecule has 7 heteroatoms. The summed E-state index contributed by atoms with van der Waals surface area (Å²) in [6.45, 7) is -0.348. The Hall–Kier alpha value is -2.51. The number of anilines is 1. The second kappa shape index (κ2) is 7.85. The minimum Gasteiger partial charge on any atom is -0.325 e. The van der Waals surface area contributed by atoms with Crippen molar-refractivity contribution in [3.8, 4) is 0 Å². The zero-order valence-electron chi connectivity index (χ0n) is 13.0. The summed E-state index contributed by atoms with van der Waals surface area (Å²) >= 11 is 0. The van der Waals surface area contributed by atoms with Crippen LogP contribution in [0.1, 0.15) is 5.56 Å². The molecule has 0 fully saturated rings. The Morgan fingerprint density at radius 2 is 1.75 bits per heavy atom. The molecule has 0 bridgehead atoms. The molecule has 0 radical (unpaired) electrons. The van der Waals surface area contributed by atoms with Gasteiger partial charge in [0.1, 0.15) is 5.82 Å². The van der Waals surface area contributed by atoms with E-state index < -0.39 is 21.7 Å². The zero-order valence-corrected chi connectivity index (χ0v) is 13.8. The van der Waals surface area contributed by atoms with E-state index in [9.17, 15) is 17.6 Å². The molecule has 0 spiro atoms. The minimum atomic E-state index is -3.72. The van der Waals surface area contributed by atoms with Crippen LogP contribution in [0.5, 0.6) is 0 Å². The largest absolute Gasteiger partial charge is 0.325 e. The molecule has 0 saturated heterocycles. The highest BCUT2D eigenvalue weighted by molar-refractivity contribution is 7.92. The summed E-state index contributed by atoms with van der Waals surface area (Å²) < 4.78 is 38.0. The van der Waals surface area contributed by atoms with Gasteiger partial charge in [-0.2, -0.15) is 4.31 Å². The number of carbonyl (C=O) groups excluding carboxylic acids is 1. The van der Waals surface area contributed by atoms with Crippen molar-refractivity contribution in [2.75, 3.05) is 18.9 Å². The smallest absolute Gasteiger partial charge is 0.239 e. The van der Waals surface area contributed by atoms with Crippen LogP contribution in [-0.4, -0.2) is 32.2 Å². The normalized spacial score (nSPS) is 11.8. The molecule has 1 amide bonds. The highest BCUT2D eigenvalue weighted by atomic mass is 32.2. The molecule has 0 aliphatic rings. The second-order valence-electron chi connectivity index (χ2n) is 5.07. The van der Waals surface area contributed by atoms with Crippen molar-refractivity contribution in [1.82, 2.24) is 4.31 Å². The highest BCUT2D eigenvalue weighted by Crippen LogP contribution is 2.10. The van der Waals surface area contributed by atoms with Gasteiger partial charge in [0.25, 0.3) is 0 Å². The van der Waals surface area contributed by atoms with E-state index in [1.165, 1.54) is 37.4 Å². The van der Waals surface area contributed by atoms with Crippen molar-refractivity contribution < 1.29 is 17.6 Å². The number of likely N-dealkylation sites (N-methyl/N-ethyl adjacent to an activating group) is 1. The Bertz CT molecular complexity index is 819. The van der Waals surface area contributed by atoms with Crippen LogP contribution < -0.4 is 5.32 Å². The number of halogens is 1. The van der Waals surface area contributed by atoms with Crippen molar-refractivity contribution in [3.05, 3.63) is 71.4 Å². The Labute approximate surface area is 140 Å². The number of carbonyl (C=O) groups is 1. The summed E-state index contributed by atoms with van der Waals surface area (Å²) in [5.74, 6) is -0.931. The third-order valence-electron chi connectivity index (χ3n) is 3.16. The van der Waals surface area contributed by atoms with E-state index in [0.717, 1.165) is 15.3 Å². The number of benzene rings is 2. The molecule has 0 aliphatic heterocycles. The van der Waals surface area contributed by atoms with E-state index in [4.69, 9.17) is 0 Å². The summed E-state index contributed by atoms with van der Waals surface area (Å²) in [7, 11) is -2.41. The van der Waals surface area contributed by atoms with Crippen LogP contribution in [-0.2, 0) is 14.8 Å². The van der Waals surface area contributed by atoms with Gasteiger partial charge in [-0.25, -0.2) is 12.8 Å². The van der Waals surface area contributed by atoms with Crippen LogP contribution >= 0.6 is 0 Å². The van der Waals surface area contributed by atoms with Gasteiger partial charge in [0.05, 0.1) is 6.54 Å². The van der Waals surface area contributed by atoms with Crippen molar-refractivity contribution in [2.24, 2.45) is 0 Å². The quantitative estimate of drug-likeness (QED) is 0.873. The third-order valence-corrected chi connectivity index (χ3v) is 4.64. The van der Waals surface area contributed by atoms with Gasteiger partial charge in [0, 0.05) is 18.1 Å². The zero-order chi connectivity index (χ0) is 17.6. The summed E-state index contributed by atoms with van der Waals surface area (Å²) in [4.78, 5) is 11.9. The van der Waals surface area contributed by atoms with E-state index in [1.54, 1.807) is 24.3 Å². The average molecular weight is 348 g/mol. The fourth-order valence-corrected chi connectivity index (χ4v) is 2.69. The lowest BCUT2D eigenvalue weighted by Crippen LogP contribution is -2.33. The standard InChI is InChI=1S/C17H17FN2O3S/c1-20(13-17(21)19-16-9-7-15(18)8-10-16)24(22,23)12-11-14-5-3-2-4-6-14/h2-12H,13H2,1H3,(H,19,21)/b12-11+. The van der Waals surface area contributed by atoms with Gasteiger partial charge in [-0.1, -0.05) is 30.3 Å². The number of nitrogens with zero attached hydrogens (tertiary/aromatic N) is 1. The van der Waals surface area contributed by atoms with Gasteiger partial charge in [0.15, 0.2) is 0 Å². The summed E-state index contributed by atoms with van der Waals surface area (Å²) in [6, 6.07) is 14.2. The molecule has 126 valence electrons. The maximum atomic E-state index is 12.8. The van der Waals surface area contributed by atoms with E-state index in [1.807, 2.05) is 6.07 Å². The van der Waals surface area contributed by atoms with Crippen LogP contribution in [0.2, 0.25) is 0 Å². The highest BCUT2D eigenvalue weighted by Gasteiger charge is 2.17. The molecule has 1 N–H and O–H groups in total. The van der Waals surface area contributed by atoms with Gasteiger partial charge in [-0.3, -0.25) is 4.79 Å². The fourth-order valence-electron chi connectivity index (χ4n) is 1.86. The van der Waals surface area contributed by atoms with Crippen molar-refractivity contribution in [3.63, 3.8) is 0 Å². The predicted octanol–water partition coefficient (Wildman–Crippen LogP) is 2.70. The molecule has 0 atom stereocenters. The minimum absolute atomic E-state index is 0.348. The lowest BCUT2D eigenvalue weighted by molar-refractivity contribution is -0.116. The van der Waals surface area contributed by atoms with Crippen molar-refractivity contribution in [1.29, 1.82) is 0 Å². The number of hydrogen-bond acceptors (Lipinski definition) is 3. The molecule has 0 aliphatic carbocycles. The van der Waals surface area contributed by atoms with E-state index in [0.29, 0.717) is 5.69 Å². The Kier molecular flexibility index (Phi) is 5.83. The molecule has 0 saturated carbocycles. The van der Waals surface area contributed by atoms with Gasteiger partial charge < -0.3 is 5.32 Å². The van der Waals surface area contributed by atoms with Crippen molar-refractivity contribution >= 4 is 27.7 Å². The molecule has 2 aromatic rings. The number of nitrogens with one attached hydrogen (secondary N) is 1. The molecule has 24 heavy (non-hydrogen) atoms. The summed E-state index contributed by atoms with van der Waals surface area (Å²) in [5, 5.41) is 3.56. The van der Waals surface area contributed by atoms with Gasteiger partial charge in [0.2, 0.25) is 15.9 Å². The predicted molar refractivity (Wildman–Crippen MR) is 92.1 cm³/mol. The first-order chi connectivity index (χ1) is 11.4. The molecule has 0 aromatic heterocycles. The summed E-state index contributed by atoms with van der Waals surface area (Å²) in [5.41, 5.74) is 1.14. The van der Waals surface area contributed by atoms with Crippen LogP contribution in [0.15, 0.2) is 60.0 Å². The van der Waals surface area contributed by atoms with Crippen LogP contribution in [0, 0.1) is 5.82 Å². The van der Waals surface area contributed by atoms with E-state index >= 15 is 0 Å². The number of rotatable bonds is 6. The van der Waals surface area contributed by atoms with E-state index in [2.05, 4.69) is 5.32 Å². The number of amides is 1. The lowest BCUT2D eigenvalue weighted by atomic mass is 10.2. The van der Waals surface area contributed by atoms with Gasteiger partial charge >= 0.3 is 0 Å². The molecular formula is C17H17FN2O3S. The maximum Gasteiger partial charge on any atom is 0.239 e. The second-order valence-corrected chi connectivity index (χ2v) is 6.99. The average Bonchev–Trinajstić information content (AvgIpc) is 2.56. The molecule has 2 rings (SSSR count). The first-order valence-corrected chi connectivity index (χ1v) is 8.62. The molecular weight excluding hydrogens is 331 g/mol. The van der Waals surface area contributed by atoms with Crippen molar-refractivity contribution in [2.45, 2.75) is 0 Å². The first kappa shape index (κ1) is 17.8. The molecule has 2 aromatic carbocycles. The topological polar surface area (TPSA) is 66.5 Å². The number of hydrogen-bond donors (Lipinski definition) is 1.